The minimum absolute atomic E-state index is 0.0375. The van der Waals surface area contributed by atoms with Crippen LogP contribution in [0.25, 0.3) is 0 Å². The number of rotatable bonds is 0. The molecule has 0 bridgehead atoms. The molecule has 0 unspecified atom stereocenters. The largest absolute Gasteiger partial charge is 0.458 e. The molecule has 3 rings (SSSR count). The van der Waals surface area contributed by atoms with E-state index in [1.54, 1.807) is 0 Å². The highest BCUT2D eigenvalue weighted by molar-refractivity contribution is 5.91. The molecule has 1 aliphatic heterocycles. The van der Waals surface area contributed by atoms with E-state index in [-0.39, 0.29) is 18.0 Å². The summed E-state index contributed by atoms with van der Waals surface area (Å²) in [6, 6.07) is 0. The predicted octanol–water partition coefficient (Wildman–Crippen LogP) is 2.21. The number of carbonyl (C=O) groups excluding carboxylic acids is 1. The molecule has 0 radical (unpaired) electrons. The molecule has 1 saturated heterocycles. The SMILES string of the molecule is C=C1C(=O)O[C@H]2C[C@@H](C)[C@@H]3CC[C@@](C)(O)C3=C[C@H]12. The van der Waals surface area contributed by atoms with Gasteiger partial charge in [0, 0.05) is 11.5 Å². The highest BCUT2D eigenvalue weighted by Crippen LogP contribution is 2.49. The smallest absolute Gasteiger partial charge is 0.334 e. The van der Waals surface area contributed by atoms with Crippen LogP contribution in [0.3, 0.4) is 0 Å². The zero-order valence-electron chi connectivity index (χ0n) is 11.0. The Morgan fingerprint density at radius 2 is 2.28 bits per heavy atom. The van der Waals surface area contributed by atoms with Crippen LogP contribution in [0.1, 0.15) is 33.1 Å². The van der Waals surface area contributed by atoms with E-state index in [4.69, 9.17) is 4.74 Å². The van der Waals surface area contributed by atoms with E-state index in [2.05, 4.69) is 19.6 Å². The van der Waals surface area contributed by atoms with Crippen LogP contribution in [-0.2, 0) is 9.53 Å². The van der Waals surface area contributed by atoms with Crippen LogP contribution in [0, 0.1) is 17.8 Å². The van der Waals surface area contributed by atoms with E-state index in [1.165, 1.54) is 0 Å². The monoisotopic (exact) mass is 248 g/mol. The Labute approximate surface area is 108 Å². The summed E-state index contributed by atoms with van der Waals surface area (Å²) in [5.41, 5.74) is 0.921. The molecular weight excluding hydrogens is 228 g/mol. The first-order valence-corrected chi connectivity index (χ1v) is 6.74. The van der Waals surface area contributed by atoms with Crippen LogP contribution in [-0.4, -0.2) is 22.8 Å². The molecule has 3 aliphatic rings. The van der Waals surface area contributed by atoms with Gasteiger partial charge in [-0.25, -0.2) is 4.79 Å². The highest BCUT2D eigenvalue weighted by atomic mass is 16.6. The van der Waals surface area contributed by atoms with E-state index in [1.807, 2.05) is 6.92 Å². The number of esters is 1. The first-order chi connectivity index (χ1) is 8.40. The minimum Gasteiger partial charge on any atom is -0.458 e. The van der Waals surface area contributed by atoms with E-state index >= 15 is 0 Å². The molecule has 1 saturated carbocycles. The van der Waals surface area contributed by atoms with Crippen molar-refractivity contribution in [3.63, 3.8) is 0 Å². The summed E-state index contributed by atoms with van der Waals surface area (Å²) in [6.45, 7) is 7.92. The van der Waals surface area contributed by atoms with Crippen molar-refractivity contribution in [1.29, 1.82) is 0 Å². The van der Waals surface area contributed by atoms with Crippen LogP contribution < -0.4 is 0 Å². The van der Waals surface area contributed by atoms with E-state index in [0.717, 1.165) is 24.8 Å². The maximum absolute atomic E-state index is 11.6. The van der Waals surface area contributed by atoms with Crippen LogP contribution >= 0.6 is 0 Å². The summed E-state index contributed by atoms with van der Waals surface area (Å²) in [5.74, 6) is 0.561. The van der Waals surface area contributed by atoms with Gasteiger partial charge in [-0.05, 0) is 43.6 Å². The first-order valence-electron chi connectivity index (χ1n) is 6.74. The van der Waals surface area contributed by atoms with Gasteiger partial charge in [-0.15, -0.1) is 0 Å². The van der Waals surface area contributed by atoms with Crippen molar-refractivity contribution in [2.75, 3.05) is 0 Å². The van der Waals surface area contributed by atoms with E-state index in [0.29, 0.717) is 17.4 Å². The number of hydrogen-bond donors (Lipinski definition) is 1. The average Bonchev–Trinajstić information content (AvgIpc) is 2.65. The van der Waals surface area contributed by atoms with E-state index < -0.39 is 5.60 Å². The summed E-state index contributed by atoms with van der Waals surface area (Å²) in [5, 5.41) is 10.5. The lowest BCUT2D eigenvalue weighted by Gasteiger charge is -2.24. The molecule has 0 aromatic rings. The van der Waals surface area contributed by atoms with Crippen molar-refractivity contribution in [3.8, 4) is 0 Å². The molecule has 5 atom stereocenters. The average molecular weight is 248 g/mol. The second-order valence-electron chi connectivity index (χ2n) is 6.25. The second kappa shape index (κ2) is 3.70. The molecule has 0 spiro atoms. The summed E-state index contributed by atoms with van der Waals surface area (Å²) in [6.07, 6.45) is 4.70. The Bertz CT molecular complexity index is 447. The highest BCUT2D eigenvalue weighted by Gasteiger charge is 2.48. The Morgan fingerprint density at radius 3 is 3.00 bits per heavy atom. The molecule has 0 amide bonds. The fourth-order valence-electron chi connectivity index (χ4n) is 3.80. The van der Waals surface area contributed by atoms with Gasteiger partial charge in [-0.3, -0.25) is 0 Å². The molecule has 3 heteroatoms. The molecule has 0 aromatic carbocycles. The van der Waals surface area contributed by atoms with Crippen LogP contribution in [0.5, 0.6) is 0 Å². The van der Waals surface area contributed by atoms with Gasteiger partial charge in [-0.2, -0.15) is 0 Å². The van der Waals surface area contributed by atoms with Crippen molar-refractivity contribution >= 4 is 5.97 Å². The van der Waals surface area contributed by atoms with Gasteiger partial charge in [0.2, 0.25) is 0 Å². The maximum atomic E-state index is 11.6. The van der Waals surface area contributed by atoms with E-state index in [9.17, 15) is 9.90 Å². The fraction of sp³-hybridized carbons (Fsp3) is 0.667. The number of carbonyl (C=O) groups is 1. The zero-order chi connectivity index (χ0) is 13.1. The van der Waals surface area contributed by atoms with Crippen molar-refractivity contribution < 1.29 is 14.6 Å². The molecular formula is C15H20O3. The van der Waals surface area contributed by atoms with Crippen LogP contribution in [0.15, 0.2) is 23.8 Å². The number of aliphatic hydroxyl groups is 1. The lowest BCUT2D eigenvalue weighted by atomic mass is 9.85. The molecule has 3 nitrogen and oxygen atoms in total. The molecule has 98 valence electrons. The Kier molecular flexibility index (Phi) is 2.46. The summed E-state index contributed by atoms with van der Waals surface area (Å²) in [7, 11) is 0. The fourth-order valence-corrected chi connectivity index (χ4v) is 3.80. The second-order valence-corrected chi connectivity index (χ2v) is 6.25. The van der Waals surface area contributed by atoms with Gasteiger partial charge in [0.05, 0.1) is 5.60 Å². The normalized spacial score (nSPS) is 47.2. The minimum atomic E-state index is -0.722. The number of hydrogen-bond acceptors (Lipinski definition) is 3. The van der Waals surface area contributed by atoms with Crippen LogP contribution in [0.4, 0.5) is 0 Å². The van der Waals surface area contributed by atoms with Gasteiger partial charge in [0.15, 0.2) is 0 Å². The summed E-state index contributed by atoms with van der Waals surface area (Å²) >= 11 is 0. The van der Waals surface area contributed by atoms with Crippen LogP contribution in [0.2, 0.25) is 0 Å². The maximum Gasteiger partial charge on any atom is 0.334 e. The zero-order valence-corrected chi connectivity index (χ0v) is 11.0. The van der Waals surface area contributed by atoms with Gasteiger partial charge in [-0.1, -0.05) is 19.6 Å². The summed E-state index contributed by atoms with van der Waals surface area (Å²) < 4.78 is 5.40. The third-order valence-electron chi connectivity index (χ3n) is 4.94. The quantitative estimate of drug-likeness (QED) is 0.406. The lowest BCUT2D eigenvalue weighted by Crippen LogP contribution is -2.24. The molecule has 1 heterocycles. The molecule has 0 aromatic heterocycles. The standard InChI is InChI=1S/C15H20O3/c1-8-6-13-11(9(2)14(16)18-13)7-12-10(8)4-5-15(12,3)17/h7-8,10-11,13,17H,2,4-6H2,1,3H3/t8-,10+,11-,13+,15-/m1/s1. The van der Waals surface area contributed by atoms with Gasteiger partial charge in [0.1, 0.15) is 6.10 Å². The van der Waals surface area contributed by atoms with Crippen molar-refractivity contribution in [3.05, 3.63) is 23.8 Å². The molecule has 1 N–H and O–H groups in total. The predicted molar refractivity (Wildman–Crippen MR) is 67.7 cm³/mol. The Balaban J connectivity index is 2.04. The molecule has 2 fully saturated rings. The van der Waals surface area contributed by atoms with Crippen molar-refractivity contribution in [2.45, 2.75) is 44.8 Å². The lowest BCUT2D eigenvalue weighted by molar-refractivity contribution is -0.139. The number of ether oxygens (including phenoxy) is 1. The first kappa shape index (κ1) is 12.0. The Morgan fingerprint density at radius 1 is 1.56 bits per heavy atom. The van der Waals surface area contributed by atoms with Crippen molar-refractivity contribution in [2.24, 2.45) is 17.8 Å². The molecule has 2 aliphatic carbocycles. The van der Waals surface area contributed by atoms with Crippen molar-refractivity contribution in [1.82, 2.24) is 0 Å². The van der Waals surface area contributed by atoms with Gasteiger partial charge in [0.25, 0.3) is 0 Å². The Hall–Kier alpha value is -1.09. The summed E-state index contributed by atoms with van der Waals surface area (Å²) in [4.78, 5) is 11.6. The molecule has 18 heavy (non-hydrogen) atoms. The van der Waals surface area contributed by atoms with Gasteiger partial charge < -0.3 is 9.84 Å². The van der Waals surface area contributed by atoms with Gasteiger partial charge >= 0.3 is 5.97 Å². The topological polar surface area (TPSA) is 46.5 Å². The third-order valence-corrected chi connectivity index (χ3v) is 4.94. The third kappa shape index (κ3) is 1.57. The number of fused-ring (bicyclic) bond motifs is 2.